The van der Waals surface area contributed by atoms with Gasteiger partial charge in [0.05, 0.1) is 21.7 Å². The number of nitrogens with zero attached hydrogens (tertiary/aromatic N) is 2. The number of anilines is 2. The number of aromatic hydroxyl groups is 1. The Kier molecular flexibility index (Phi) is 5.18. The maximum Gasteiger partial charge on any atom is 0.277 e. The van der Waals surface area contributed by atoms with Gasteiger partial charge in [0.1, 0.15) is 5.75 Å². The van der Waals surface area contributed by atoms with Crippen LogP contribution in [0.1, 0.15) is 31.1 Å². The molecule has 0 saturated heterocycles. The van der Waals surface area contributed by atoms with Crippen LogP contribution in [0.4, 0.5) is 17.1 Å². The minimum Gasteiger partial charge on any atom is -0.506 e. The lowest BCUT2D eigenvalue weighted by molar-refractivity contribution is -0.383. The van der Waals surface area contributed by atoms with Crippen molar-refractivity contribution >= 4 is 57.2 Å². The summed E-state index contributed by atoms with van der Waals surface area (Å²) < 4.78 is 0. The van der Waals surface area contributed by atoms with E-state index in [1.807, 2.05) is 0 Å². The average Bonchev–Trinajstić information content (AvgIpc) is 2.84. The van der Waals surface area contributed by atoms with Gasteiger partial charge in [-0.2, -0.15) is 0 Å². The normalized spacial score (nSPS) is 12.7. The molecule has 2 N–H and O–H groups in total. The number of carbonyl (C=O) groups excluding carboxylic acids is 3. The number of nitro groups is 1. The van der Waals surface area contributed by atoms with Crippen molar-refractivity contribution < 1.29 is 24.4 Å². The highest BCUT2D eigenvalue weighted by molar-refractivity contribution is 6.36. The van der Waals surface area contributed by atoms with Crippen molar-refractivity contribution in [3.05, 3.63) is 105 Å². The van der Waals surface area contributed by atoms with Gasteiger partial charge in [0.15, 0.2) is 0 Å². The van der Waals surface area contributed by atoms with Crippen LogP contribution in [0, 0.1) is 10.1 Å². The molecule has 1 aliphatic rings. The lowest BCUT2D eigenvalue weighted by Crippen LogP contribution is -2.40. The van der Waals surface area contributed by atoms with Crippen LogP contribution >= 0.6 is 11.6 Å². The van der Waals surface area contributed by atoms with E-state index in [0.717, 1.165) is 4.90 Å². The number of non-ortho nitro benzene ring substituents is 1. The Morgan fingerprint density at radius 1 is 0.943 bits per heavy atom. The molecule has 172 valence electrons. The third kappa shape index (κ3) is 3.64. The zero-order chi connectivity index (χ0) is 24.9. The molecule has 1 aliphatic heterocycles. The van der Waals surface area contributed by atoms with Gasteiger partial charge in [-0.05, 0) is 54.6 Å². The first-order valence-corrected chi connectivity index (χ1v) is 10.6. The SMILES string of the molecule is O=C(Nc1cc(Cl)ccc1O)c1cccc(N2C(=O)c3cccc4c([N+](=O)[O-])ccc(c34)C2=O)c1. The number of carbonyl (C=O) groups is 3. The Morgan fingerprint density at radius 2 is 1.66 bits per heavy atom. The number of hydrogen-bond acceptors (Lipinski definition) is 6. The number of hydrogen-bond donors (Lipinski definition) is 2. The zero-order valence-electron chi connectivity index (χ0n) is 17.7. The number of phenols is 1. The summed E-state index contributed by atoms with van der Waals surface area (Å²) in [5, 5.41) is 24.7. The van der Waals surface area contributed by atoms with Crippen molar-refractivity contribution in [1.29, 1.82) is 0 Å². The lowest BCUT2D eigenvalue weighted by Gasteiger charge is -2.27. The number of amides is 3. The number of benzene rings is 4. The van der Waals surface area contributed by atoms with E-state index < -0.39 is 22.6 Å². The van der Waals surface area contributed by atoms with E-state index in [4.69, 9.17) is 11.6 Å². The Balaban J connectivity index is 1.54. The standard InChI is InChI=1S/C25H14ClN3O6/c26-14-7-10-21(30)19(12-14)27-23(31)13-3-1-4-15(11-13)28-24(32)17-6-2-5-16-20(29(34)35)9-8-18(22(16)17)25(28)33/h1-12,30H,(H,27,31). The molecule has 4 aromatic carbocycles. The Labute approximate surface area is 202 Å². The second kappa shape index (κ2) is 8.23. The molecule has 10 heteroatoms. The number of nitro benzene ring substituents is 1. The molecule has 4 aromatic rings. The van der Waals surface area contributed by atoms with Gasteiger partial charge in [0.25, 0.3) is 23.4 Å². The summed E-state index contributed by atoms with van der Waals surface area (Å²) in [6.45, 7) is 0. The predicted octanol–water partition coefficient (Wildman–Crippen LogP) is 5.16. The molecule has 0 unspecified atom stereocenters. The summed E-state index contributed by atoms with van der Waals surface area (Å²) in [7, 11) is 0. The maximum absolute atomic E-state index is 13.3. The number of rotatable bonds is 4. The smallest absolute Gasteiger partial charge is 0.277 e. The number of nitrogens with one attached hydrogen (secondary N) is 1. The van der Waals surface area contributed by atoms with Crippen molar-refractivity contribution in [1.82, 2.24) is 0 Å². The van der Waals surface area contributed by atoms with Crippen molar-refractivity contribution in [3.63, 3.8) is 0 Å². The molecular formula is C25H14ClN3O6. The predicted molar refractivity (Wildman–Crippen MR) is 129 cm³/mol. The average molecular weight is 488 g/mol. The fourth-order valence-corrected chi connectivity index (χ4v) is 4.24. The largest absolute Gasteiger partial charge is 0.506 e. The van der Waals surface area contributed by atoms with Crippen molar-refractivity contribution in [2.45, 2.75) is 0 Å². The van der Waals surface area contributed by atoms with Crippen LogP contribution in [0.5, 0.6) is 5.75 Å². The van der Waals surface area contributed by atoms with Gasteiger partial charge in [0, 0.05) is 33.2 Å². The fourth-order valence-electron chi connectivity index (χ4n) is 4.06. The number of halogens is 1. The van der Waals surface area contributed by atoms with Crippen molar-refractivity contribution in [2.24, 2.45) is 0 Å². The topological polar surface area (TPSA) is 130 Å². The van der Waals surface area contributed by atoms with E-state index in [1.165, 1.54) is 72.8 Å². The first kappa shape index (κ1) is 22.1. The van der Waals surface area contributed by atoms with E-state index in [2.05, 4.69) is 5.32 Å². The van der Waals surface area contributed by atoms with Crippen LogP contribution in [0.3, 0.4) is 0 Å². The van der Waals surface area contributed by atoms with Gasteiger partial charge in [-0.1, -0.05) is 23.7 Å². The maximum atomic E-state index is 13.3. The second-order valence-corrected chi connectivity index (χ2v) is 8.17. The Bertz CT molecular complexity index is 1580. The molecule has 3 amide bonds. The molecule has 0 radical (unpaired) electrons. The van der Waals surface area contributed by atoms with Crippen LogP contribution in [-0.4, -0.2) is 27.8 Å². The molecule has 5 rings (SSSR count). The summed E-state index contributed by atoms with van der Waals surface area (Å²) in [5.74, 6) is -2.11. The minimum absolute atomic E-state index is 0.0974. The van der Waals surface area contributed by atoms with Gasteiger partial charge in [-0.25, -0.2) is 4.90 Å². The molecule has 0 aromatic heterocycles. The second-order valence-electron chi connectivity index (χ2n) is 7.73. The molecule has 9 nitrogen and oxygen atoms in total. The number of imide groups is 1. The molecule has 0 fully saturated rings. The fraction of sp³-hybridized carbons (Fsp3) is 0. The highest BCUT2D eigenvalue weighted by atomic mass is 35.5. The quantitative estimate of drug-likeness (QED) is 0.177. The molecular weight excluding hydrogens is 474 g/mol. The third-order valence-corrected chi connectivity index (χ3v) is 5.89. The van der Waals surface area contributed by atoms with E-state index >= 15 is 0 Å². The summed E-state index contributed by atoms with van der Waals surface area (Å²) in [4.78, 5) is 51.3. The molecule has 0 saturated carbocycles. The Hall–Kier alpha value is -4.76. The summed E-state index contributed by atoms with van der Waals surface area (Å²) in [5.41, 5.74) is 0.431. The summed E-state index contributed by atoms with van der Waals surface area (Å²) in [6.07, 6.45) is 0. The van der Waals surface area contributed by atoms with Crippen molar-refractivity contribution in [2.75, 3.05) is 10.2 Å². The summed E-state index contributed by atoms with van der Waals surface area (Å²) >= 11 is 5.93. The van der Waals surface area contributed by atoms with Crippen LogP contribution in [0.2, 0.25) is 5.02 Å². The molecule has 0 spiro atoms. The van der Waals surface area contributed by atoms with Gasteiger partial charge >= 0.3 is 0 Å². The van der Waals surface area contributed by atoms with Crippen molar-refractivity contribution in [3.8, 4) is 5.75 Å². The monoisotopic (exact) mass is 487 g/mol. The zero-order valence-corrected chi connectivity index (χ0v) is 18.4. The van der Waals surface area contributed by atoms with Gasteiger partial charge < -0.3 is 10.4 Å². The van der Waals surface area contributed by atoms with Crippen LogP contribution in [0.15, 0.2) is 72.8 Å². The Morgan fingerprint density at radius 3 is 2.40 bits per heavy atom. The third-order valence-electron chi connectivity index (χ3n) is 5.65. The van der Waals surface area contributed by atoms with E-state index in [1.54, 1.807) is 0 Å². The van der Waals surface area contributed by atoms with Crippen LogP contribution in [-0.2, 0) is 0 Å². The molecule has 0 bridgehead atoms. The first-order valence-electron chi connectivity index (χ1n) is 10.2. The first-order chi connectivity index (χ1) is 16.8. The molecule has 35 heavy (non-hydrogen) atoms. The van der Waals surface area contributed by atoms with E-state index in [-0.39, 0.29) is 50.3 Å². The lowest BCUT2D eigenvalue weighted by atomic mass is 9.92. The molecule has 1 heterocycles. The molecule has 0 aliphatic carbocycles. The van der Waals surface area contributed by atoms with E-state index in [9.17, 15) is 29.6 Å². The highest BCUT2D eigenvalue weighted by Gasteiger charge is 2.35. The number of phenolic OH excluding ortho intramolecular Hbond substituents is 1. The van der Waals surface area contributed by atoms with Crippen LogP contribution < -0.4 is 10.2 Å². The molecule has 0 atom stereocenters. The van der Waals surface area contributed by atoms with Gasteiger partial charge in [-0.15, -0.1) is 0 Å². The minimum atomic E-state index is -0.668. The van der Waals surface area contributed by atoms with Gasteiger partial charge in [0.2, 0.25) is 0 Å². The van der Waals surface area contributed by atoms with E-state index in [0.29, 0.717) is 5.02 Å². The summed E-state index contributed by atoms with van der Waals surface area (Å²) in [6, 6.07) is 17.1. The van der Waals surface area contributed by atoms with Crippen LogP contribution in [0.25, 0.3) is 10.8 Å². The highest BCUT2D eigenvalue weighted by Crippen LogP contribution is 2.37. The van der Waals surface area contributed by atoms with Gasteiger partial charge in [-0.3, -0.25) is 24.5 Å².